The standard InChI is InChI=1S/C14H15FN2O3/c1-3-12(19-11-6-4-10(15)5-7-11)14(18)16-13-8-9(2)20-17-13/h4-8,12H,3H2,1-2H3,(H,16,17,18)/t12-/m1/s1. The van der Waals surface area contributed by atoms with Crippen molar-refractivity contribution in [1.82, 2.24) is 5.16 Å². The Morgan fingerprint density at radius 2 is 2.15 bits per heavy atom. The van der Waals surface area contributed by atoms with Crippen molar-refractivity contribution in [1.29, 1.82) is 0 Å². The van der Waals surface area contributed by atoms with Crippen molar-refractivity contribution >= 4 is 11.7 Å². The van der Waals surface area contributed by atoms with Gasteiger partial charge < -0.3 is 14.6 Å². The van der Waals surface area contributed by atoms with Gasteiger partial charge in [0.1, 0.15) is 17.3 Å². The van der Waals surface area contributed by atoms with E-state index in [-0.39, 0.29) is 11.7 Å². The Kier molecular flexibility index (Phi) is 4.34. The quantitative estimate of drug-likeness (QED) is 0.913. The fraction of sp³-hybridized carbons (Fsp3) is 0.286. The number of nitrogens with zero attached hydrogens (tertiary/aromatic N) is 1. The van der Waals surface area contributed by atoms with Crippen molar-refractivity contribution in [3.63, 3.8) is 0 Å². The van der Waals surface area contributed by atoms with Crippen molar-refractivity contribution in [2.24, 2.45) is 0 Å². The Morgan fingerprint density at radius 3 is 2.70 bits per heavy atom. The number of ether oxygens (including phenoxy) is 1. The third-order valence-corrected chi connectivity index (χ3v) is 2.63. The first-order chi connectivity index (χ1) is 9.58. The van der Waals surface area contributed by atoms with Crippen LogP contribution in [-0.4, -0.2) is 17.2 Å². The monoisotopic (exact) mass is 278 g/mol. The molecule has 2 rings (SSSR count). The van der Waals surface area contributed by atoms with Gasteiger partial charge in [-0.05, 0) is 37.6 Å². The molecule has 0 saturated carbocycles. The van der Waals surface area contributed by atoms with Crippen LogP contribution < -0.4 is 10.1 Å². The normalized spacial score (nSPS) is 11.9. The number of amides is 1. The largest absolute Gasteiger partial charge is 0.481 e. The van der Waals surface area contributed by atoms with Crippen LogP contribution in [0.25, 0.3) is 0 Å². The van der Waals surface area contributed by atoms with E-state index < -0.39 is 6.10 Å². The van der Waals surface area contributed by atoms with Crippen LogP contribution in [0.1, 0.15) is 19.1 Å². The number of rotatable bonds is 5. The van der Waals surface area contributed by atoms with Gasteiger partial charge in [-0.15, -0.1) is 0 Å². The maximum atomic E-state index is 12.8. The fourth-order valence-electron chi connectivity index (χ4n) is 1.63. The van der Waals surface area contributed by atoms with Crippen molar-refractivity contribution < 1.29 is 18.4 Å². The molecule has 0 aliphatic rings. The Morgan fingerprint density at radius 1 is 1.45 bits per heavy atom. The summed E-state index contributed by atoms with van der Waals surface area (Å²) in [5.74, 6) is 0.698. The number of hydrogen-bond donors (Lipinski definition) is 1. The molecule has 0 radical (unpaired) electrons. The highest BCUT2D eigenvalue weighted by molar-refractivity contribution is 5.93. The summed E-state index contributed by atoms with van der Waals surface area (Å²) in [6.45, 7) is 3.55. The van der Waals surface area contributed by atoms with Gasteiger partial charge >= 0.3 is 0 Å². The van der Waals surface area contributed by atoms with Crippen LogP contribution in [0.15, 0.2) is 34.9 Å². The predicted molar refractivity (Wildman–Crippen MR) is 71.0 cm³/mol. The third kappa shape index (κ3) is 3.57. The molecule has 0 spiro atoms. The molecule has 1 heterocycles. The lowest BCUT2D eigenvalue weighted by Gasteiger charge is -2.16. The molecule has 1 aromatic heterocycles. The summed E-state index contributed by atoms with van der Waals surface area (Å²) in [4.78, 5) is 12.0. The highest BCUT2D eigenvalue weighted by atomic mass is 19.1. The third-order valence-electron chi connectivity index (χ3n) is 2.63. The minimum Gasteiger partial charge on any atom is -0.481 e. The number of aryl methyl sites for hydroxylation is 1. The summed E-state index contributed by atoms with van der Waals surface area (Å²) in [5, 5.41) is 6.28. The molecule has 0 aliphatic heterocycles. The molecule has 2 aromatic rings. The van der Waals surface area contributed by atoms with E-state index in [2.05, 4.69) is 10.5 Å². The topological polar surface area (TPSA) is 64.4 Å². The van der Waals surface area contributed by atoms with Crippen LogP contribution in [0.3, 0.4) is 0 Å². The lowest BCUT2D eigenvalue weighted by Crippen LogP contribution is -2.32. The van der Waals surface area contributed by atoms with Gasteiger partial charge in [-0.3, -0.25) is 4.79 Å². The second-order valence-electron chi connectivity index (χ2n) is 4.28. The minimum absolute atomic E-state index is 0.329. The predicted octanol–water partition coefficient (Wildman–Crippen LogP) is 2.92. The summed E-state index contributed by atoms with van der Waals surface area (Å²) < 4.78 is 23.2. The average molecular weight is 278 g/mol. The van der Waals surface area contributed by atoms with Crippen LogP contribution in [-0.2, 0) is 4.79 Å². The molecule has 106 valence electrons. The maximum absolute atomic E-state index is 12.8. The molecule has 0 saturated heterocycles. The number of anilines is 1. The Hall–Kier alpha value is -2.37. The summed E-state index contributed by atoms with van der Waals surface area (Å²) in [7, 11) is 0. The fourth-order valence-corrected chi connectivity index (χ4v) is 1.63. The van der Waals surface area contributed by atoms with E-state index in [4.69, 9.17) is 9.26 Å². The molecule has 5 nitrogen and oxygen atoms in total. The molecule has 0 unspecified atom stereocenters. The number of carbonyl (C=O) groups excluding carboxylic acids is 1. The van der Waals surface area contributed by atoms with Gasteiger partial charge in [0.15, 0.2) is 11.9 Å². The van der Waals surface area contributed by atoms with E-state index in [9.17, 15) is 9.18 Å². The summed E-state index contributed by atoms with van der Waals surface area (Å²) in [5.41, 5.74) is 0. The van der Waals surface area contributed by atoms with Crippen molar-refractivity contribution in [2.45, 2.75) is 26.4 Å². The molecule has 1 aromatic carbocycles. The highest BCUT2D eigenvalue weighted by Crippen LogP contribution is 2.16. The molecule has 1 atom stereocenters. The first-order valence-corrected chi connectivity index (χ1v) is 6.25. The molecule has 0 bridgehead atoms. The summed E-state index contributed by atoms with van der Waals surface area (Å²) in [6, 6.07) is 7.13. The van der Waals surface area contributed by atoms with Crippen LogP contribution in [0.2, 0.25) is 0 Å². The van der Waals surface area contributed by atoms with E-state index >= 15 is 0 Å². The molecule has 0 aliphatic carbocycles. The van der Waals surface area contributed by atoms with Gasteiger partial charge in [0.2, 0.25) is 0 Å². The molecular formula is C14H15FN2O3. The van der Waals surface area contributed by atoms with Crippen LogP contribution >= 0.6 is 0 Å². The first kappa shape index (κ1) is 14.0. The first-order valence-electron chi connectivity index (χ1n) is 6.25. The zero-order chi connectivity index (χ0) is 14.5. The van der Waals surface area contributed by atoms with Gasteiger partial charge in [-0.2, -0.15) is 0 Å². The Bertz CT molecular complexity index is 580. The number of aromatic nitrogens is 1. The van der Waals surface area contributed by atoms with Gasteiger partial charge in [0.25, 0.3) is 5.91 Å². The molecular weight excluding hydrogens is 263 g/mol. The number of nitrogens with one attached hydrogen (secondary N) is 1. The SMILES string of the molecule is CC[C@@H](Oc1ccc(F)cc1)C(=O)Nc1cc(C)on1. The van der Waals surface area contributed by atoms with Crippen molar-refractivity contribution in [3.8, 4) is 5.75 Å². The van der Waals surface area contributed by atoms with Gasteiger partial charge in [-0.1, -0.05) is 12.1 Å². The minimum atomic E-state index is -0.683. The highest BCUT2D eigenvalue weighted by Gasteiger charge is 2.19. The smallest absolute Gasteiger partial charge is 0.266 e. The van der Waals surface area contributed by atoms with E-state index in [1.807, 2.05) is 6.92 Å². The Balaban J connectivity index is 2.00. The summed E-state index contributed by atoms with van der Waals surface area (Å²) in [6.07, 6.45) is -0.211. The average Bonchev–Trinajstić information content (AvgIpc) is 2.83. The lowest BCUT2D eigenvalue weighted by atomic mass is 10.2. The maximum Gasteiger partial charge on any atom is 0.266 e. The molecule has 20 heavy (non-hydrogen) atoms. The van der Waals surface area contributed by atoms with E-state index in [0.29, 0.717) is 23.7 Å². The molecule has 1 amide bonds. The number of hydrogen-bond acceptors (Lipinski definition) is 4. The van der Waals surface area contributed by atoms with Crippen LogP contribution in [0, 0.1) is 12.7 Å². The van der Waals surface area contributed by atoms with E-state index in [1.165, 1.54) is 24.3 Å². The summed E-state index contributed by atoms with van der Waals surface area (Å²) >= 11 is 0. The van der Waals surface area contributed by atoms with Crippen LogP contribution in [0.4, 0.5) is 10.2 Å². The zero-order valence-electron chi connectivity index (χ0n) is 11.2. The Labute approximate surface area is 115 Å². The van der Waals surface area contributed by atoms with Crippen molar-refractivity contribution in [2.75, 3.05) is 5.32 Å². The van der Waals surface area contributed by atoms with Crippen molar-refractivity contribution in [3.05, 3.63) is 41.9 Å². The van der Waals surface area contributed by atoms with Crippen LogP contribution in [0.5, 0.6) is 5.75 Å². The van der Waals surface area contributed by atoms with E-state index in [1.54, 1.807) is 13.0 Å². The lowest BCUT2D eigenvalue weighted by molar-refractivity contribution is -0.122. The van der Waals surface area contributed by atoms with Gasteiger partial charge in [0.05, 0.1) is 0 Å². The van der Waals surface area contributed by atoms with Gasteiger partial charge in [0, 0.05) is 6.07 Å². The second kappa shape index (κ2) is 6.18. The number of benzene rings is 1. The molecule has 0 fully saturated rings. The molecule has 1 N–H and O–H groups in total. The van der Waals surface area contributed by atoms with Gasteiger partial charge in [-0.25, -0.2) is 4.39 Å². The molecule has 6 heteroatoms. The second-order valence-corrected chi connectivity index (χ2v) is 4.28. The number of carbonyl (C=O) groups is 1. The zero-order valence-corrected chi connectivity index (χ0v) is 11.2. The van der Waals surface area contributed by atoms with E-state index in [0.717, 1.165) is 0 Å². The number of halogens is 1.